The van der Waals surface area contributed by atoms with Gasteiger partial charge in [-0.25, -0.2) is 8.78 Å². The maximum atomic E-state index is 14.1. The standard InChI is InChI=1S/C30H33F2N3O/c1-4-21(2)29(35-17-5-6-28(32)22(35)3)30(36)33-20-23-7-13-27(14-8-23)34-18-15-25(16-19-34)24-9-11-26(31)12-10-24/h5-14,17,25H,3-4,15-16,18-20H2,1-2H3,(H,33,36)/b29-21+. The zero-order valence-electron chi connectivity index (χ0n) is 20.9. The first-order chi connectivity index (χ1) is 17.4. The summed E-state index contributed by atoms with van der Waals surface area (Å²) in [6.45, 7) is 9.89. The number of rotatable bonds is 7. The third-order valence-corrected chi connectivity index (χ3v) is 7.03. The molecule has 0 unspecified atom stereocenters. The Morgan fingerprint density at radius 1 is 1.06 bits per heavy atom. The number of amides is 1. The fourth-order valence-corrected chi connectivity index (χ4v) is 4.70. The van der Waals surface area contributed by atoms with Crippen molar-refractivity contribution in [3.63, 3.8) is 0 Å². The molecule has 0 radical (unpaired) electrons. The topological polar surface area (TPSA) is 35.6 Å². The van der Waals surface area contributed by atoms with E-state index < -0.39 is 5.83 Å². The number of hydrogen-bond acceptors (Lipinski definition) is 3. The van der Waals surface area contributed by atoms with Crippen molar-refractivity contribution in [1.82, 2.24) is 10.2 Å². The molecule has 2 aromatic carbocycles. The lowest BCUT2D eigenvalue weighted by Crippen LogP contribution is -2.34. The van der Waals surface area contributed by atoms with Gasteiger partial charge in [-0.3, -0.25) is 4.79 Å². The first-order valence-electron chi connectivity index (χ1n) is 12.5. The second-order valence-corrected chi connectivity index (χ2v) is 9.32. The number of carbonyl (C=O) groups is 1. The second-order valence-electron chi connectivity index (χ2n) is 9.32. The Morgan fingerprint density at radius 3 is 2.36 bits per heavy atom. The summed E-state index contributed by atoms with van der Waals surface area (Å²) in [6.07, 6.45) is 7.29. The molecule has 6 heteroatoms. The van der Waals surface area contributed by atoms with Gasteiger partial charge in [-0.05, 0) is 85.2 Å². The van der Waals surface area contributed by atoms with Crippen LogP contribution in [0.5, 0.6) is 0 Å². The van der Waals surface area contributed by atoms with E-state index in [4.69, 9.17) is 0 Å². The number of halogens is 2. The van der Waals surface area contributed by atoms with Crippen molar-refractivity contribution in [1.29, 1.82) is 0 Å². The monoisotopic (exact) mass is 489 g/mol. The summed E-state index contributed by atoms with van der Waals surface area (Å²) in [6, 6.07) is 15.1. The van der Waals surface area contributed by atoms with Crippen LogP contribution < -0.4 is 10.2 Å². The van der Waals surface area contributed by atoms with E-state index in [9.17, 15) is 13.6 Å². The summed E-state index contributed by atoms with van der Waals surface area (Å²) in [5.41, 5.74) is 4.76. The summed E-state index contributed by atoms with van der Waals surface area (Å²) < 4.78 is 27.3. The highest BCUT2D eigenvalue weighted by molar-refractivity contribution is 5.94. The minimum atomic E-state index is -0.455. The van der Waals surface area contributed by atoms with Crippen LogP contribution in [0, 0.1) is 5.82 Å². The molecule has 0 aliphatic carbocycles. The number of allylic oxidation sites excluding steroid dienone is 4. The van der Waals surface area contributed by atoms with Crippen LogP contribution >= 0.6 is 0 Å². The van der Waals surface area contributed by atoms with E-state index in [1.807, 2.05) is 38.1 Å². The van der Waals surface area contributed by atoms with Crippen LogP contribution in [-0.4, -0.2) is 23.9 Å². The molecule has 1 saturated heterocycles. The normalized spacial score (nSPS) is 17.1. The van der Waals surface area contributed by atoms with E-state index in [0.717, 1.165) is 42.8 Å². The Kier molecular flexibility index (Phi) is 8.04. The van der Waals surface area contributed by atoms with Crippen LogP contribution in [0.3, 0.4) is 0 Å². The van der Waals surface area contributed by atoms with E-state index in [-0.39, 0.29) is 17.4 Å². The van der Waals surface area contributed by atoms with E-state index >= 15 is 0 Å². The molecule has 1 fully saturated rings. The van der Waals surface area contributed by atoms with Gasteiger partial charge < -0.3 is 15.1 Å². The molecule has 36 heavy (non-hydrogen) atoms. The fraction of sp³-hybridized carbons (Fsp3) is 0.300. The summed E-state index contributed by atoms with van der Waals surface area (Å²) in [5, 5.41) is 2.98. The van der Waals surface area contributed by atoms with E-state index in [1.165, 1.54) is 28.7 Å². The van der Waals surface area contributed by atoms with Crippen LogP contribution in [-0.2, 0) is 11.3 Å². The van der Waals surface area contributed by atoms with Crippen molar-refractivity contribution in [2.75, 3.05) is 18.0 Å². The van der Waals surface area contributed by atoms with Crippen molar-refractivity contribution in [3.05, 3.63) is 113 Å². The lowest BCUT2D eigenvalue weighted by Gasteiger charge is -2.34. The van der Waals surface area contributed by atoms with Crippen LogP contribution in [0.25, 0.3) is 0 Å². The Labute approximate surface area is 212 Å². The smallest absolute Gasteiger partial charge is 0.268 e. The maximum Gasteiger partial charge on any atom is 0.268 e. The summed E-state index contributed by atoms with van der Waals surface area (Å²) in [5.74, 6) is -0.453. The van der Waals surface area contributed by atoms with Gasteiger partial charge in [0.25, 0.3) is 5.91 Å². The van der Waals surface area contributed by atoms with E-state index in [2.05, 4.69) is 28.9 Å². The number of hydrogen-bond donors (Lipinski definition) is 1. The number of nitrogens with one attached hydrogen (secondary N) is 1. The molecule has 0 aromatic heterocycles. The van der Waals surface area contributed by atoms with Gasteiger partial charge in [-0.2, -0.15) is 0 Å². The molecular formula is C30H33F2N3O. The van der Waals surface area contributed by atoms with Gasteiger partial charge in [0.2, 0.25) is 0 Å². The largest absolute Gasteiger partial charge is 0.371 e. The summed E-state index contributed by atoms with van der Waals surface area (Å²) in [7, 11) is 0. The first kappa shape index (κ1) is 25.4. The highest BCUT2D eigenvalue weighted by Gasteiger charge is 2.24. The molecule has 0 spiro atoms. The number of anilines is 1. The lowest BCUT2D eigenvalue weighted by atomic mass is 9.89. The van der Waals surface area contributed by atoms with Crippen LogP contribution in [0.4, 0.5) is 14.5 Å². The van der Waals surface area contributed by atoms with Gasteiger partial charge in [0.15, 0.2) is 0 Å². The summed E-state index contributed by atoms with van der Waals surface area (Å²) in [4.78, 5) is 17.0. The molecule has 1 amide bonds. The molecule has 4 rings (SSSR count). The lowest BCUT2D eigenvalue weighted by molar-refractivity contribution is -0.118. The number of nitrogens with zero attached hydrogens (tertiary/aromatic N) is 2. The molecule has 188 valence electrons. The predicted octanol–water partition coefficient (Wildman–Crippen LogP) is 6.71. The molecule has 0 atom stereocenters. The van der Waals surface area contributed by atoms with Gasteiger partial charge >= 0.3 is 0 Å². The average molecular weight is 490 g/mol. The molecule has 0 bridgehead atoms. The first-order valence-corrected chi connectivity index (χ1v) is 12.5. The Balaban J connectivity index is 1.34. The van der Waals surface area contributed by atoms with Gasteiger partial charge in [0, 0.05) is 31.5 Å². The molecule has 2 aromatic rings. The number of piperidine rings is 1. The minimum Gasteiger partial charge on any atom is -0.371 e. The van der Waals surface area contributed by atoms with Crippen molar-refractivity contribution >= 4 is 11.6 Å². The zero-order chi connectivity index (χ0) is 25.7. The third kappa shape index (κ3) is 5.76. The van der Waals surface area contributed by atoms with Crippen molar-refractivity contribution in [3.8, 4) is 0 Å². The molecule has 1 N–H and O–H groups in total. The van der Waals surface area contributed by atoms with Crippen LogP contribution in [0.1, 0.15) is 50.2 Å². The van der Waals surface area contributed by atoms with E-state index in [1.54, 1.807) is 12.3 Å². The van der Waals surface area contributed by atoms with Crippen LogP contribution in [0.15, 0.2) is 96.3 Å². The predicted molar refractivity (Wildman–Crippen MR) is 141 cm³/mol. The highest BCUT2D eigenvalue weighted by atomic mass is 19.1. The highest BCUT2D eigenvalue weighted by Crippen LogP contribution is 2.31. The molecule has 4 nitrogen and oxygen atoms in total. The molecule has 0 saturated carbocycles. The van der Waals surface area contributed by atoms with Gasteiger partial charge in [-0.1, -0.05) is 37.8 Å². The molecule has 2 aliphatic rings. The second kappa shape index (κ2) is 11.4. The zero-order valence-corrected chi connectivity index (χ0v) is 20.9. The van der Waals surface area contributed by atoms with Crippen molar-refractivity contribution in [2.45, 2.75) is 45.6 Å². The van der Waals surface area contributed by atoms with Gasteiger partial charge in [-0.15, -0.1) is 0 Å². The van der Waals surface area contributed by atoms with E-state index in [0.29, 0.717) is 24.6 Å². The molecule has 2 aliphatic heterocycles. The SMILES string of the molecule is C=C1C(F)=CC=CN1/C(C(=O)NCc1ccc(N2CCC(c3ccc(F)cc3)CC2)cc1)=C(\C)CC. The minimum absolute atomic E-state index is 0.156. The Morgan fingerprint density at radius 2 is 1.72 bits per heavy atom. The van der Waals surface area contributed by atoms with Crippen molar-refractivity contribution < 1.29 is 13.6 Å². The van der Waals surface area contributed by atoms with Crippen molar-refractivity contribution in [2.24, 2.45) is 0 Å². The third-order valence-electron chi connectivity index (χ3n) is 7.03. The van der Waals surface area contributed by atoms with Crippen LogP contribution in [0.2, 0.25) is 0 Å². The van der Waals surface area contributed by atoms with Gasteiger partial charge in [0.05, 0.1) is 5.70 Å². The fourth-order valence-electron chi connectivity index (χ4n) is 4.70. The quantitative estimate of drug-likeness (QED) is 0.439. The number of carbonyl (C=O) groups excluding carboxylic acids is 1. The molecular weight excluding hydrogens is 456 g/mol. The molecule has 2 heterocycles. The Bertz CT molecular complexity index is 1190. The maximum absolute atomic E-state index is 14.1. The average Bonchev–Trinajstić information content (AvgIpc) is 2.91. The van der Waals surface area contributed by atoms with Gasteiger partial charge in [0.1, 0.15) is 17.3 Å². The Hall–Kier alpha value is -3.67. The number of benzene rings is 2. The summed E-state index contributed by atoms with van der Waals surface area (Å²) >= 11 is 0.